The molecule has 0 aliphatic heterocycles. The van der Waals surface area contributed by atoms with Gasteiger partial charge in [0.2, 0.25) is 6.08 Å². The lowest BCUT2D eigenvalue weighted by molar-refractivity contribution is 0.242. The van der Waals surface area contributed by atoms with E-state index in [-0.39, 0.29) is 5.75 Å². The van der Waals surface area contributed by atoms with Crippen molar-refractivity contribution in [2.45, 2.75) is 24.8 Å². The van der Waals surface area contributed by atoms with Gasteiger partial charge in [0.1, 0.15) is 5.54 Å². The van der Waals surface area contributed by atoms with Gasteiger partial charge in [-0.1, -0.05) is 0 Å². The molecule has 1 aromatic rings. The number of aromatic hydroxyl groups is 1. The van der Waals surface area contributed by atoms with Crippen molar-refractivity contribution >= 4 is 6.08 Å². The molecular formula is C12H12FNO3. The number of aliphatic imine (C=N–C) groups is 1. The average Bonchev–Trinajstić information content (AvgIpc) is 2.27. The van der Waals surface area contributed by atoms with Crippen LogP contribution in [0.4, 0.5) is 4.39 Å². The van der Waals surface area contributed by atoms with E-state index in [1.54, 1.807) is 0 Å². The van der Waals surface area contributed by atoms with Crippen molar-refractivity contribution in [3.05, 3.63) is 23.5 Å². The molecule has 1 aromatic carbocycles. The van der Waals surface area contributed by atoms with E-state index in [9.17, 15) is 14.3 Å². The molecule has 2 rings (SSSR count). The van der Waals surface area contributed by atoms with E-state index in [2.05, 4.69) is 4.99 Å². The Balaban J connectivity index is 2.58. The third-order valence-electron chi connectivity index (χ3n) is 3.23. The lowest BCUT2D eigenvalue weighted by Gasteiger charge is -2.37. The molecule has 4 nitrogen and oxygen atoms in total. The number of halogens is 1. The first kappa shape index (κ1) is 11.6. The summed E-state index contributed by atoms with van der Waals surface area (Å²) in [7, 11) is 1.34. The maximum Gasteiger partial charge on any atom is 0.235 e. The normalized spacial score (nSPS) is 16.8. The van der Waals surface area contributed by atoms with Gasteiger partial charge in [0.15, 0.2) is 17.3 Å². The Bertz CT molecular complexity index is 491. The zero-order chi connectivity index (χ0) is 12.5. The van der Waals surface area contributed by atoms with Gasteiger partial charge in [-0.2, -0.15) is 4.99 Å². The minimum atomic E-state index is -0.754. The van der Waals surface area contributed by atoms with Crippen molar-refractivity contribution in [1.29, 1.82) is 0 Å². The number of hydrogen-bond donors (Lipinski definition) is 1. The lowest BCUT2D eigenvalue weighted by atomic mass is 9.72. The Morgan fingerprint density at radius 2 is 2.24 bits per heavy atom. The summed E-state index contributed by atoms with van der Waals surface area (Å²) in [5, 5.41) is 9.59. The van der Waals surface area contributed by atoms with Crippen molar-refractivity contribution < 1.29 is 19.0 Å². The van der Waals surface area contributed by atoms with Gasteiger partial charge >= 0.3 is 0 Å². The number of rotatable bonds is 3. The molecule has 0 radical (unpaired) electrons. The van der Waals surface area contributed by atoms with Gasteiger partial charge in [0.25, 0.3) is 0 Å². The standard InChI is InChI=1S/C12H12FNO3/c1-17-11-8(3-4-9(13)10(11)16)12(14-7-15)5-2-6-12/h3-4,16H,2,5-6H2,1H3. The predicted molar refractivity (Wildman–Crippen MR) is 58.3 cm³/mol. The molecule has 0 saturated heterocycles. The van der Waals surface area contributed by atoms with Gasteiger partial charge in [-0.05, 0) is 31.4 Å². The molecule has 1 aliphatic rings. The zero-order valence-electron chi connectivity index (χ0n) is 9.36. The predicted octanol–water partition coefficient (Wildman–Crippen LogP) is 2.25. The van der Waals surface area contributed by atoms with Gasteiger partial charge < -0.3 is 9.84 Å². The largest absolute Gasteiger partial charge is 0.502 e. The molecular weight excluding hydrogens is 225 g/mol. The number of nitrogens with zero attached hydrogens (tertiary/aromatic N) is 1. The monoisotopic (exact) mass is 237 g/mol. The van der Waals surface area contributed by atoms with Gasteiger partial charge in [-0.3, -0.25) is 0 Å². The van der Waals surface area contributed by atoms with E-state index in [4.69, 9.17) is 4.74 Å². The smallest absolute Gasteiger partial charge is 0.235 e. The molecule has 1 saturated carbocycles. The highest BCUT2D eigenvalue weighted by Gasteiger charge is 2.42. The molecule has 0 aromatic heterocycles. The van der Waals surface area contributed by atoms with Crippen molar-refractivity contribution in [3.63, 3.8) is 0 Å². The highest BCUT2D eigenvalue weighted by atomic mass is 19.1. The zero-order valence-corrected chi connectivity index (χ0v) is 9.36. The van der Waals surface area contributed by atoms with Gasteiger partial charge in [-0.25, -0.2) is 9.18 Å². The fourth-order valence-electron chi connectivity index (χ4n) is 2.16. The maximum absolute atomic E-state index is 13.2. The van der Waals surface area contributed by atoms with Crippen LogP contribution < -0.4 is 4.74 Å². The van der Waals surface area contributed by atoms with E-state index in [0.717, 1.165) is 12.5 Å². The van der Waals surface area contributed by atoms with Crippen LogP contribution in [0.15, 0.2) is 17.1 Å². The summed E-state index contributed by atoms with van der Waals surface area (Å²) in [6, 6.07) is 2.64. The number of benzene rings is 1. The molecule has 1 fully saturated rings. The summed E-state index contributed by atoms with van der Waals surface area (Å²) in [4.78, 5) is 14.3. The maximum atomic E-state index is 13.2. The van der Waals surface area contributed by atoms with Crippen LogP contribution >= 0.6 is 0 Å². The Labute approximate surface area is 97.7 Å². The third-order valence-corrected chi connectivity index (χ3v) is 3.23. The van der Waals surface area contributed by atoms with Crippen LogP contribution in [-0.4, -0.2) is 18.3 Å². The molecule has 90 valence electrons. The average molecular weight is 237 g/mol. The van der Waals surface area contributed by atoms with Crippen molar-refractivity contribution in [2.75, 3.05) is 7.11 Å². The number of methoxy groups -OCH3 is 1. The van der Waals surface area contributed by atoms with Crippen molar-refractivity contribution in [2.24, 2.45) is 4.99 Å². The van der Waals surface area contributed by atoms with Gasteiger partial charge in [0, 0.05) is 5.56 Å². The Kier molecular flexibility index (Phi) is 2.86. The minimum Gasteiger partial charge on any atom is -0.502 e. The third kappa shape index (κ3) is 1.68. The lowest BCUT2D eigenvalue weighted by Crippen LogP contribution is -2.32. The SMILES string of the molecule is COc1c(C2(N=C=O)CCC2)ccc(F)c1O. The van der Waals surface area contributed by atoms with Crippen LogP contribution in [0.3, 0.4) is 0 Å². The molecule has 0 bridgehead atoms. The molecule has 0 atom stereocenters. The van der Waals surface area contributed by atoms with Gasteiger partial charge in [-0.15, -0.1) is 0 Å². The number of phenols is 1. The van der Waals surface area contributed by atoms with Crippen LogP contribution in [0, 0.1) is 5.82 Å². The molecule has 0 unspecified atom stereocenters. The Morgan fingerprint density at radius 1 is 1.53 bits per heavy atom. The van der Waals surface area contributed by atoms with Crippen LogP contribution in [0.25, 0.3) is 0 Å². The number of isocyanates is 1. The fourth-order valence-corrected chi connectivity index (χ4v) is 2.16. The second kappa shape index (κ2) is 4.18. The number of phenolic OH excluding ortho intramolecular Hbond substituents is 1. The molecule has 17 heavy (non-hydrogen) atoms. The number of hydrogen-bond acceptors (Lipinski definition) is 4. The Morgan fingerprint density at radius 3 is 2.71 bits per heavy atom. The van der Waals surface area contributed by atoms with Crippen LogP contribution in [0.2, 0.25) is 0 Å². The van der Waals surface area contributed by atoms with E-state index in [0.29, 0.717) is 18.4 Å². The second-order valence-electron chi connectivity index (χ2n) is 4.07. The molecule has 5 heteroatoms. The van der Waals surface area contributed by atoms with Crippen LogP contribution in [0.5, 0.6) is 11.5 Å². The first-order valence-electron chi connectivity index (χ1n) is 5.29. The summed E-state index contributed by atoms with van der Waals surface area (Å²) in [6.45, 7) is 0. The fraction of sp³-hybridized carbons (Fsp3) is 0.417. The van der Waals surface area contributed by atoms with Crippen LogP contribution in [0.1, 0.15) is 24.8 Å². The van der Waals surface area contributed by atoms with E-state index in [1.165, 1.54) is 19.3 Å². The van der Waals surface area contributed by atoms with E-state index < -0.39 is 17.1 Å². The Hall–Kier alpha value is -1.87. The van der Waals surface area contributed by atoms with Crippen molar-refractivity contribution in [1.82, 2.24) is 0 Å². The number of carbonyl (C=O) groups excluding carboxylic acids is 1. The highest BCUT2D eigenvalue weighted by Crippen LogP contribution is 2.50. The first-order valence-corrected chi connectivity index (χ1v) is 5.29. The summed E-state index contributed by atoms with van der Waals surface area (Å²) in [6.07, 6.45) is 3.80. The number of ether oxygens (including phenoxy) is 1. The van der Waals surface area contributed by atoms with E-state index >= 15 is 0 Å². The molecule has 1 aliphatic carbocycles. The summed E-state index contributed by atoms with van der Waals surface area (Å²) >= 11 is 0. The summed E-state index contributed by atoms with van der Waals surface area (Å²) < 4.78 is 18.2. The highest BCUT2D eigenvalue weighted by molar-refractivity contribution is 5.52. The topological polar surface area (TPSA) is 58.9 Å². The summed E-state index contributed by atoms with van der Waals surface area (Å²) in [5.41, 5.74) is -0.174. The second-order valence-corrected chi connectivity index (χ2v) is 4.07. The first-order chi connectivity index (χ1) is 8.14. The molecule has 0 amide bonds. The summed E-state index contributed by atoms with van der Waals surface area (Å²) in [5.74, 6) is -1.25. The quantitative estimate of drug-likeness (QED) is 0.648. The van der Waals surface area contributed by atoms with Gasteiger partial charge in [0.05, 0.1) is 7.11 Å². The molecule has 0 heterocycles. The molecule has 1 N–H and O–H groups in total. The minimum absolute atomic E-state index is 0.0451. The van der Waals surface area contributed by atoms with E-state index in [1.807, 2.05) is 0 Å². The molecule has 0 spiro atoms. The van der Waals surface area contributed by atoms with Crippen molar-refractivity contribution in [3.8, 4) is 11.5 Å². The van der Waals surface area contributed by atoms with Crippen LogP contribution in [-0.2, 0) is 10.3 Å².